The fourth-order valence-corrected chi connectivity index (χ4v) is 4.23. The van der Waals surface area contributed by atoms with Gasteiger partial charge in [-0.3, -0.25) is 13.9 Å². The molecule has 0 aliphatic rings. The number of nitrogens with zero attached hydrogens (tertiary/aromatic N) is 2. The van der Waals surface area contributed by atoms with Crippen molar-refractivity contribution in [3.05, 3.63) is 63.9 Å². The molecule has 7 nitrogen and oxygen atoms in total. The Labute approximate surface area is 209 Å². The van der Waals surface area contributed by atoms with Crippen LogP contribution in [0.25, 0.3) is 0 Å². The zero-order chi connectivity index (χ0) is 25.6. The van der Waals surface area contributed by atoms with E-state index in [9.17, 15) is 22.4 Å². The Morgan fingerprint density at radius 2 is 1.71 bits per heavy atom. The molecule has 2 aromatic carbocycles. The smallest absolute Gasteiger partial charge is 0.244 e. The standard InChI is InChI=1S/C23H28Cl2FN3O4S/c1-15(2)12-27-23(31)16(3)28(13-17-7-5-6-8-21(17)26)22(30)14-29(34(4,32)33)18-9-10-19(24)20(25)11-18/h5-11,15-16H,12-14H2,1-4H3,(H,27,31)/t16-/m1/s1. The van der Waals surface area contributed by atoms with Crippen molar-refractivity contribution in [1.82, 2.24) is 10.2 Å². The molecule has 0 fully saturated rings. The number of rotatable bonds is 10. The molecular weight excluding hydrogens is 504 g/mol. The number of carbonyl (C=O) groups is 2. The minimum Gasteiger partial charge on any atom is -0.354 e. The van der Waals surface area contributed by atoms with Gasteiger partial charge in [-0.05, 0) is 37.1 Å². The van der Waals surface area contributed by atoms with Crippen LogP contribution < -0.4 is 9.62 Å². The van der Waals surface area contributed by atoms with Crippen molar-refractivity contribution in [2.45, 2.75) is 33.4 Å². The van der Waals surface area contributed by atoms with E-state index in [1.807, 2.05) is 13.8 Å². The van der Waals surface area contributed by atoms with Crippen LogP contribution in [-0.2, 0) is 26.2 Å². The molecule has 0 unspecified atom stereocenters. The lowest BCUT2D eigenvalue weighted by Crippen LogP contribution is -2.51. The minimum atomic E-state index is -3.92. The predicted molar refractivity (Wildman–Crippen MR) is 133 cm³/mol. The van der Waals surface area contributed by atoms with Crippen molar-refractivity contribution in [2.24, 2.45) is 5.92 Å². The third kappa shape index (κ3) is 7.58. The average Bonchev–Trinajstić information content (AvgIpc) is 2.75. The number of sulfonamides is 1. The van der Waals surface area contributed by atoms with Gasteiger partial charge in [-0.25, -0.2) is 12.8 Å². The van der Waals surface area contributed by atoms with E-state index in [1.54, 1.807) is 6.07 Å². The third-order valence-corrected chi connectivity index (χ3v) is 6.90. The van der Waals surface area contributed by atoms with Crippen LogP contribution in [0, 0.1) is 11.7 Å². The van der Waals surface area contributed by atoms with E-state index in [2.05, 4.69) is 5.32 Å². The van der Waals surface area contributed by atoms with Crippen molar-refractivity contribution in [2.75, 3.05) is 23.7 Å². The van der Waals surface area contributed by atoms with Crippen molar-refractivity contribution < 1.29 is 22.4 Å². The van der Waals surface area contributed by atoms with Gasteiger partial charge in [0.05, 0.1) is 22.0 Å². The summed E-state index contributed by atoms with van der Waals surface area (Å²) in [6, 6.07) is 9.06. The van der Waals surface area contributed by atoms with E-state index in [1.165, 1.54) is 43.3 Å². The molecule has 0 heterocycles. The first-order chi connectivity index (χ1) is 15.8. The first-order valence-corrected chi connectivity index (χ1v) is 13.1. The summed E-state index contributed by atoms with van der Waals surface area (Å²) in [5.74, 6) is -1.48. The summed E-state index contributed by atoms with van der Waals surface area (Å²) in [6.45, 7) is 4.92. The summed E-state index contributed by atoms with van der Waals surface area (Å²) in [5, 5.41) is 3.10. The van der Waals surface area contributed by atoms with Crippen LogP contribution in [0.15, 0.2) is 42.5 Å². The van der Waals surface area contributed by atoms with Crippen LogP contribution in [0.4, 0.5) is 10.1 Å². The molecule has 2 rings (SSSR count). The number of carbonyl (C=O) groups excluding carboxylic acids is 2. The summed E-state index contributed by atoms with van der Waals surface area (Å²) in [6.07, 6.45) is 0.947. The summed E-state index contributed by atoms with van der Waals surface area (Å²) in [5.41, 5.74) is 0.327. The van der Waals surface area contributed by atoms with Gasteiger partial charge in [0, 0.05) is 18.7 Å². The molecule has 0 spiro atoms. The lowest BCUT2D eigenvalue weighted by molar-refractivity contribution is -0.139. The number of hydrogen-bond donors (Lipinski definition) is 1. The van der Waals surface area contributed by atoms with Crippen molar-refractivity contribution in [3.8, 4) is 0 Å². The summed E-state index contributed by atoms with van der Waals surface area (Å²) in [7, 11) is -3.92. The zero-order valence-corrected chi connectivity index (χ0v) is 21.7. The van der Waals surface area contributed by atoms with E-state index in [0.717, 1.165) is 15.5 Å². The molecule has 0 aliphatic heterocycles. The highest BCUT2D eigenvalue weighted by Crippen LogP contribution is 2.28. The SMILES string of the molecule is CC(C)CNC(=O)[C@@H](C)N(Cc1ccccc1F)C(=O)CN(c1ccc(Cl)c(Cl)c1)S(C)(=O)=O. The first-order valence-electron chi connectivity index (χ1n) is 10.5. The Hall–Kier alpha value is -2.36. The number of anilines is 1. The molecule has 0 bridgehead atoms. The molecule has 0 saturated heterocycles. The second kappa shape index (κ2) is 11.9. The Balaban J connectivity index is 2.40. The van der Waals surface area contributed by atoms with E-state index in [0.29, 0.717) is 6.54 Å². The summed E-state index contributed by atoms with van der Waals surface area (Å²) >= 11 is 12.0. The van der Waals surface area contributed by atoms with E-state index >= 15 is 0 Å². The summed E-state index contributed by atoms with van der Waals surface area (Å²) in [4.78, 5) is 27.3. The molecule has 0 saturated carbocycles. The van der Waals surface area contributed by atoms with Gasteiger partial charge < -0.3 is 10.2 Å². The molecule has 11 heteroatoms. The van der Waals surface area contributed by atoms with Gasteiger partial charge in [0.1, 0.15) is 18.4 Å². The van der Waals surface area contributed by atoms with Gasteiger partial charge >= 0.3 is 0 Å². The lowest BCUT2D eigenvalue weighted by atomic mass is 10.1. The highest BCUT2D eigenvalue weighted by atomic mass is 35.5. The van der Waals surface area contributed by atoms with E-state index in [-0.39, 0.29) is 33.8 Å². The molecule has 0 radical (unpaired) electrons. The first kappa shape index (κ1) is 27.9. The van der Waals surface area contributed by atoms with Crippen LogP contribution >= 0.6 is 23.2 Å². The van der Waals surface area contributed by atoms with Gasteiger partial charge in [0.2, 0.25) is 21.8 Å². The highest BCUT2D eigenvalue weighted by Gasteiger charge is 2.30. The lowest BCUT2D eigenvalue weighted by Gasteiger charge is -2.31. The van der Waals surface area contributed by atoms with Crippen molar-refractivity contribution >= 4 is 50.7 Å². The topological polar surface area (TPSA) is 86.8 Å². The number of amides is 2. The Morgan fingerprint density at radius 1 is 1.06 bits per heavy atom. The normalized spacial score (nSPS) is 12.4. The van der Waals surface area contributed by atoms with Crippen LogP contribution in [0.3, 0.4) is 0 Å². The molecule has 186 valence electrons. The maximum Gasteiger partial charge on any atom is 0.244 e. The number of nitrogens with one attached hydrogen (secondary N) is 1. The number of hydrogen-bond acceptors (Lipinski definition) is 4. The Bertz CT molecular complexity index is 1140. The van der Waals surface area contributed by atoms with Crippen LogP contribution in [-0.4, -0.2) is 50.5 Å². The van der Waals surface area contributed by atoms with Crippen LogP contribution in [0.1, 0.15) is 26.3 Å². The highest BCUT2D eigenvalue weighted by molar-refractivity contribution is 7.92. The fraction of sp³-hybridized carbons (Fsp3) is 0.391. The molecule has 0 aliphatic carbocycles. The number of halogens is 3. The zero-order valence-electron chi connectivity index (χ0n) is 19.4. The van der Waals surface area contributed by atoms with Gasteiger partial charge in [-0.2, -0.15) is 0 Å². The van der Waals surface area contributed by atoms with Gasteiger partial charge in [-0.1, -0.05) is 55.2 Å². The Kier molecular flexibility index (Phi) is 9.73. The van der Waals surface area contributed by atoms with Crippen LogP contribution in [0.5, 0.6) is 0 Å². The quantitative estimate of drug-likeness (QED) is 0.500. The molecule has 1 atom stereocenters. The molecule has 34 heavy (non-hydrogen) atoms. The maximum atomic E-state index is 14.4. The second-order valence-electron chi connectivity index (χ2n) is 8.30. The average molecular weight is 532 g/mol. The monoisotopic (exact) mass is 531 g/mol. The molecule has 1 N–H and O–H groups in total. The van der Waals surface area contributed by atoms with Gasteiger partial charge in [0.15, 0.2) is 0 Å². The minimum absolute atomic E-state index is 0.116. The van der Waals surface area contributed by atoms with Crippen LogP contribution in [0.2, 0.25) is 10.0 Å². The molecule has 2 amide bonds. The van der Waals surface area contributed by atoms with Gasteiger partial charge in [0.25, 0.3) is 0 Å². The largest absolute Gasteiger partial charge is 0.354 e. The van der Waals surface area contributed by atoms with Crippen molar-refractivity contribution in [3.63, 3.8) is 0 Å². The fourth-order valence-electron chi connectivity index (χ4n) is 3.10. The van der Waals surface area contributed by atoms with E-state index < -0.39 is 40.2 Å². The van der Waals surface area contributed by atoms with Crippen molar-refractivity contribution in [1.29, 1.82) is 0 Å². The molecular formula is C23H28Cl2FN3O4S. The van der Waals surface area contributed by atoms with E-state index in [4.69, 9.17) is 23.2 Å². The molecule has 2 aromatic rings. The number of benzene rings is 2. The Morgan fingerprint density at radius 3 is 2.26 bits per heavy atom. The maximum absolute atomic E-state index is 14.4. The molecule has 0 aromatic heterocycles. The second-order valence-corrected chi connectivity index (χ2v) is 11.0. The summed E-state index contributed by atoms with van der Waals surface area (Å²) < 4.78 is 40.3. The third-order valence-electron chi connectivity index (χ3n) is 5.02. The van der Waals surface area contributed by atoms with Gasteiger partial charge in [-0.15, -0.1) is 0 Å². The predicted octanol–water partition coefficient (Wildman–Crippen LogP) is 4.09.